The first-order valence-corrected chi connectivity index (χ1v) is 9.45. The zero-order chi connectivity index (χ0) is 18.6. The lowest BCUT2D eigenvalue weighted by atomic mass is 9.85. The van der Waals surface area contributed by atoms with Crippen molar-refractivity contribution in [2.45, 2.75) is 58.5 Å². The molecule has 25 heavy (non-hydrogen) atoms. The molecule has 1 aromatic rings. The van der Waals surface area contributed by atoms with Crippen LogP contribution in [0.2, 0.25) is 0 Å². The lowest BCUT2D eigenvalue weighted by molar-refractivity contribution is -0.140. The zero-order valence-electron chi connectivity index (χ0n) is 15.0. The van der Waals surface area contributed by atoms with E-state index in [4.69, 9.17) is 5.11 Å². The van der Waals surface area contributed by atoms with Crippen molar-refractivity contribution in [3.8, 4) is 0 Å². The second-order valence-corrected chi connectivity index (χ2v) is 8.13. The number of hydrogen-bond donors (Lipinski definition) is 2. The van der Waals surface area contributed by atoms with Gasteiger partial charge in [0.05, 0.1) is 6.42 Å². The molecule has 1 aromatic heterocycles. The second kappa shape index (κ2) is 7.99. The number of carboxylic acids is 1. The van der Waals surface area contributed by atoms with E-state index in [-0.39, 0.29) is 37.0 Å². The van der Waals surface area contributed by atoms with Gasteiger partial charge in [-0.3, -0.25) is 14.4 Å². The van der Waals surface area contributed by atoms with Crippen molar-refractivity contribution < 1.29 is 19.5 Å². The van der Waals surface area contributed by atoms with Crippen molar-refractivity contribution in [3.05, 3.63) is 21.9 Å². The number of aliphatic carboxylic acids is 1. The van der Waals surface area contributed by atoms with Crippen LogP contribution in [0.25, 0.3) is 0 Å². The van der Waals surface area contributed by atoms with Crippen LogP contribution in [-0.2, 0) is 27.3 Å². The summed E-state index contributed by atoms with van der Waals surface area (Å²) < 4.78 is 0. The number of amides is 2. The third-order valence-electron chi connectivity index (χ3n) is 4.94. The van der Waals surface area contributed by atoms with E-state index in [1.807, 2.05) is 25.3 Å². The summed E-state index contributed by atoms with van der Waals surface area (Å²) in [5.74, 6) is -1.29. The summed E-state index contributed by atoms with van der Waals surface area (Å²) >= 11 is 1.72. The van der Waals surface area contributed by atoms with Crippen LogP contribution in [0, 0.1) is 5.92 Å². The fourth-order valence-electron chi connectivity index (χ4n) is 2.93. The Hall–Kier alpha value is -1.89. The molecular weight excluding hydrogens is 340 g/mol. The van der Waals surface area contributed by atoms with E-state index in [0.717, 1.165) is 6.42 Å². The van der Waals surface area contributed by atoms with E-state index in [1.54, 1.807) is 23.2 Å². The van der Waals surface area contributed by atoms with Gasteiger partial charge in [0.2, 0.25) is 11.8 Å². The number of nitrogens with zero attached hydrogens (tertiary/aromatic N) is 1. The van der Waals surface area contributed by atoms with E-state index >= 15 is 0 Å². The number of carbonyl (C=O) groups is 3. The highest BCUT2D eigenvalue weighted by Gasteiger charge is 2.33. The molecule has 1 aliphatic heterocycles. The summed E-state index contributed by atoms with van der Waals surface area (Å²) in [5, 5.41) is 13.9. The molecule has 2 heterocycles. The van der Waals surface area contributed by atoms with Gasteiger partial charge in [-0.15, -0.1) is 11.3 Å². The van der Waals surface area contributed by atoms with Crippen molar-refractivity contribution in [1.82, 2.24) is 10.2 Å². The van der Waals surface area contributed by atoms with Crippen LogP contribution in [0.5, 0.6) is 0 Å². The lowest BCUT2D eigenvalue weighted by Crippen LogP contribution is -2.51. The molecule has 0 fully saturated rings. The number of fused-ring (bicyclic) bond motifs is 1. The van der Waals surface area contributed by atoms with Crippen LogP contribution in [0.3, 0.4) is 0 Å². The third-order valence-corrected chi connectivity index (χ3v) is 5.97. The third kappa shape index (κ3) is 5.04. The Morgan fingerprint density at radius 1 is 1.36 bits per heavy atom. The summed E-state index contributed by atoms with van der Waals surface area (Å²) in [6.45, 7) is 6.79. The molecule has 1 atom stereocenters. The van der Waals surface area contributed by atoms with Crippen LogP contribution in [0.15, 0.2) is 11.4 Å². The van der Waals surface area contributed by atoms with Crippen LogP contribution < -0.4 is 5.32 Å². The fourth-order valence-corrected chi connectivity index (χ4v) is 3.82. The van der Waals surface area contributed by atoms with Crippen LogP contribution in [-0.4, -0.2) is 39.9 Å². The average molecular weight is 366 g/mol. The molecule has 0 saturated carbocycles. The van der Waals surface area contributed by atoms with Crippen molar-refractivity contribution in [2.24, 2.45) is 5.92 Å². The van der Waals surface area contributed by atoms with Gasteiger partial charge in [-0.05, 0) is 36.3 Å². The highest BCUT2D eigenvalue weighted by atomic mass is 32.1. The normalized spacial score (nSPS) is 16.2. The molecule has 0 bridgehead atoms. The Labute approximate surface area is 152 Å². The summed E-state index contributed by atoms with van der Waals surface area (Å²) in [7, 11) is 0. The quantitative estimate of drug-likeness (QED) is 0.776. The van der Waals surface area contributed by atoms with Crippen molar-refractivity contribution in [3.63, 3.8) is 0 Å². The molecule has 7 heteroatoms. The number of rotatable bonds is 7. The van der Waals surface area contributed by atoms with Crippen molar-refractivity contribution in [2.75, 3.05) is 6.54 Å². The maximum atomic E-state index is 12.4. The number of hydrogen-bond acceptors (Lipinski definition) is 4. The van der Waals surface area contributed by atoms with Gasteiger partial charge < -0.3 is 15.3 Å². The minimum atomic E-state index is -0.951. The van der Waals surface area contributed by atoms with Gasteiger partial charge in [-0.1, -0.05) is 13.8 Å². The monoisotopic (exact) mass is 366 g/mol. The summed E-state index contributed by atoms with van der Waals surface area (Å²) in [5.41, 5.74) is 0.380. The molecule has 2 N–H and O–H groups in total. The molecule has 2 rings (SSSR count). The molecule has 2 amide bonds. The van der Waals surface area contributed by atoms with Gasteiger partial charge in [0.1, 0.15) is 0 Å². The molecule has 1 unspecified atom stereocenters. The van der Waals surface area contributed by atoms with E-state index in [2.05, 4.69) is 5.32 Å². The van der Waals surface area contributed by atoms with Gasteiger partial charge in [0, 0.05) is 36.3 Å². The Balaban J connectivity index is 1.85. The van der Waals surface area contributed by atoms with Crippen molar-refractivity contribution >= 4 is 29.1 Å². The van der Waals surface area contributed by atoms with Gasteiger partial charge >= 0.3 is 5.97 Å². The Morgan fingerprint density at radius 2 is 2.08 bits per heavy atom. The Morgan fingerprint density at radius 3 is 2.72 bits per heavy atom. The molecule has 138 valence electrons. The van der Waals surface area contributed by atoms with Gasteiger partial charge in [0.15, 0.2) is 0 Å². The zero-order valence-corrected chi connectivity index (χ0v) is 15.8. The van der Waals surface area contributed by atoms with E-state index in [9.17, 15) is 14.4 Å². The van der Waals surface area contributed by atoms with E-state index < -0.39 is 11.5 Å². The van der Waals surface area contributed by atoms with Crippen LogP contribution in [0.1, 0.15) is 50.5 Å². The molecule has 0 aliphatic carbocycles. The maximum absolute atomic E-state index is 12.4. The van der Waals surface area contributed by atoms with Crippen LogP contribution in [0.4, 0.5) is 0 Å². The Bertz CT molecular complexity index is 655. The smallest absolute Gasteiger partial charge is 0.305 e. The van der Waals surface area contributed by atoms with Crippen LogP contribution >= 0.6 is 11.3 Å². The number of carbonyl (C=O) groups excluding carboxylic acids is 2. The number of nitrogens with one attached hydrogen (secondary N) is 1. The number of carboxylic acid groups (broad SMARTS) is 1. The predicted octanol–water partition coefficient (Wildman–Crippen LogP) is 2.42. The molecule has 0 saturated heterocycles. The minimum Gasteiger partial charge on any atom is -0.481 e. The number of thiophene rings is 1. The SMILES string of the molecule is CC(C)C(C)(CC(=O)O)NC(=O)CCC(=O)N1CCc2sccc2C1. The maximum Gasteiger partial charge on any atom is 0.305 e. The first-order valence-electron chi connectivity index (χ1n) is 8.57. The summed E-state index contributed by atoms with van der Waals surface area (Å²) in [4.78, 5) is 38.8. The summed E-state index contributed by atoms with van der Waals surface area (Å²) in [6.07, 6.45) is 0.951. The van der Waals surface area contributed by atoms with Gasteiger partial charge in [0.25, 0.3) is 0 Å². The standard InChI is InChI=1S/C18H26N2O4S/c1-12(2)18(3,10-17(23)24)19-15(21)4-5-16(22)20-8-6-14-13(11-20)7-9-25-14/h7,9,12H,4-6,8,10-11H2,1-3H3,(H,19,21)(H,23,24). The average Bonchev–Trinajstić information content (AvgIpc) is 2.99. The molecular formula is C18H26N2O4S. The molecule has 0 spiro atoms. The molecule has 0 radical (unpaired) electrons. The van der Waals surface area contributed by atoms with Gasteiger partial charge in [-0.2, -0.15) is 0 Å². The van der Waals surface area contributed by atoms with Crippen molar-refractivity contribution in [1.29, 1.82) is 0 Å². The second-order valence-electron chi connectivity index (χ2n) is 7.13. The van der Waals surface area contributed by atoms with Gasteiger partial charge in [-0.25, -0.2) is 0 Å². The topological polar surface area (TPSA) is 86.7 Å². The molecule has 1 aliphatic rings. The Kier molecular flexibility index (Phi) is 6.21. The molecule has 6 nitrogen and oxygen atoms in total. The molecule has 0 aromatic carbocycles. The van der Waals surface area contributed by atoms with E-state index in [1.165, 1.54) is 10.4 Å². The first-order chi connectivity index (χ1) is 11.7. The highest BCUT2D eigenvalue weighted by molar-refractivity contribution is 7.10. The summed E-state index contributed by atoms with van der Waals surface area (Å²) in [6, 6.07) is 2.05. The minimum absolute atomic E-state index is 0.0256. The largest absolute Gasteiger partial charge is 0.481 e. The highest BCUT2D eigenvalue weighted by Crippen LogP contribution is 2.25. The first kappa shape index (κ1) is 19.4. The fraction of sp³-hybridized carbons (Fsp3) is 0.611. The lowest BCUT2D eigenvalue weighted by Gasteiger charge is -2.33. The predicted molar refractivity (Wildman–Crippen MR) is 96.3 cm³/mol. The van der Waals surface area contributed by atoms with E-state index in [0.29, 0.717) is 13.1 Å².